The Morgan fingerprint density at radius 1 is 1.03 bits per heavy atom. The largest absolute Gasteiger partial charge is 0.460 e. The summed E-state index contributed by atoms with van der Waals surface area (Å²) in [7, 11) is 0. The molecule has 11 heteroatoms. The van der Waals surface area contributed by atoms with Gasteiger partial charge in [-0.3, -0.25) is 14.4 Å². The number of anilines is 1. The minimum atomic E-state index is -1.03. The first-order chi connectivity index (χ1) is 17.9. The average Bonchev–Trinajstić information content (AvgIpc) is 3.39. The molecule has 1 aliphatic rings. The van der Waals surface area contributed by atoms with Crippen molar-refractivity contribution in [2.75, 3.05) is 18.0 Å². The summed E-state index contributed by atoms with van der Waals surface area (Å²) < 4.78 is 7.09. The highest BCUT2D eigenvalue weighted by atomic mass is 35.5. The van der Waals surface area contributed by atoms with Gasteiger partial charge in [0.25, 0.3) is 0 Å². The molecule has 2 heterocycles. The van der Waals surface area contributed by atoms with Crippen molar-refractivity contribution < 1.29 is 19.1 Å². The number of aromatic nitrogens is 4. The quantitative estimate of drug-likeness (QED) is 0.334. The number of halogens is 1. The van der Waals surface area contributed by atoms with Gasteiger partial charge in [0.2, 0.25) is 0 Å². The zero-order valence-corrected chi connectivity index (χ0v) is 22.8. The van der Waals surface area contributed by atoms with Crippen molar-refractivity contribution >= 4 is 35.1 Å². The van der Waals surface area contributed by atoms with Gasteiger partial charge in [-0.05, 0) is 75.2 Å². The van der Waals surface area contributed by atoms with E-state index in [0.717, 1.165) is 5.56 Å². The van der Waals surface area contributed by atoms with Gasteiger partial charge in [-0.25, -0.2) is 0 Å². The number of rotatable bonds is 7. The number of amides is 2. The Hall–Kier alpha value is -3.79. The maximum absolute atomic E-state index is 13.7. The van der Waals surface area contributed by atoms with E-state index in [9.17, 15) is 14.4 Å². The van der Waals surface area contributed by atoms with Crippen molar-refractivity contribution in [3.05, 3.63) is 65.4 Å². The molecule has 0 N–H and O–H groups in total. The number of esters is 1. The lowest BCUT2D eigenvalue weighted by atomic mass is 9.79. The van der Waals surface area contributed by atoms with Crippen LogP contribution in [0.2, 0.25) is 5.02 Å². The Kier molecular flexibility index (Phi) is 7.55. The molecular formula is C27H31ClN6O4. The van der Waals surface area contributed by atoms with Gasteiger partial charge in [0, 0.05) is 18.1 Å². The first-order valence-electron chi connectivity index (χ1n) is 12.3. The zero-order chi connectivity index (χ0) is 27.7. The van der Waals surface area contributed by atoms with Crippen LogP contribution >= 0.6 is 11.6 Å². The molecule has 200 valence electrons. The number of piperazine rings is 1. The summed E-state index contributed by atoms with van der Waals surface area (Å²) in [6.07, 6.45) is 1.76. The molecule has 0 saturated carbocycles. The second-order valence-corrected chi connectivity index (χ2v) is 11.0. The first-order valence-corrected chi connectivity index (χ1v) is 12.7. The Labute approximate surface area is 226 Å². The predicted molar refractivity (Wildman–Crippen MR) is 142 cm³/mol. The van der Waals surface area contributed by atoms with E-state index in [0.29, 0.717) is 22.8 Å². The molecule has 38 heavy (non-hydrogen) atoms. The number of carbonyl (C=O) groups is 3. The van der Waals surface area contributed by atoms with Crippen molar-refractivity contribution in [1.29, 1.82) is 0 Å². The summed E-state index contributed by atoms with van der Waals surface area (Å²) in [5.74, 6) is -2.60. The van der Waals surface area contributed by atoms with Gasteiger partial charge in [-0.1, -0.05) is 41.9 Å². The summed E-state index contributed by atoms with van der Waals surface area (Å²) in [6, 6.07) is 14.5. The monoisotopic (exact) mass is 538 g/mol. The lowest BCUT2D eigenvalue weighted by Crippen LogP contribution is -2.65. The highest BCUT2D eigenvalue weighted by molar-refractivity contribution is 6.41. The van der Waals surface area contributed by atoms with Gasteiger partial charge in [-0.2, -0.15) is 4.68 Å². The average molecular weight is 539 g/mol. The van der Waals surface area contributed by atoms with Crippen LogP contribution in [0.1, 0.15) is 40.2 Å². The fourth-order valence-electron chi connectivity index (χ4n) is 4.66. The number of carbonyl (C=O) groups excluding carboxylic acids is 3. The second-order valence-electron chi connectivity index (χ2n) is 10.6. The molecule has 0 aliphatic carbocycles. The van der Waals surface area contributed by atoms with E-state index in [1.165, 1.54) is 20.8 Å². The number of nitrogens with zero attached hydrogens (tertiary/aromatic N) is 6. The Morgan fingerprint density at radius 3 is 2.37 bits per heavy atom. The number of ether oxygens (including phenoxy) is 1. The predicted octanol–water partition coefficient (Wildman–Crippen LogP) is 3.47. The van der Waals surface area contributed by atoms with Crippen LogP contribution in [-0.4, -0.2) is 67.1 Å². The Morgan fingerprint density at radius 2 is 1.74 bits per heavy atom. The summed E-state index contributed by atoms with van der Waals surface area (Å²) in [4.78, 5) is 43.5. The summed E-state index contributed by atoms with van der Waals surface area (Å²) in [5, 5.41) is 11.6. The molecule has 2 aromatic carbocycles. The van der Waals surface area contributed by atoms with Gasteiger partial charge in [0.05, 0.1) is 22.8 Å². The maximum Gasteiger partial charge on any atom is 0.316 e. The van der Waals surface area contributed by atoms with Gasteiger partial charge in [0.15, 0.2) is 0 Å². The molecule has 2 amide bonds. The molecule has 2 atom stereocenters. The fraction of sp³-hybridized carbons (Fsp3) is 0.407. The zero-order valence-electron chi connectivity index (χ0n) is 22.1. The highest BCUT2D eigenvalue weighted by Gasteiger charge is 2.49. The van der Waals surface area contributed by atoms with E-state index in [1.807, 2.05) is 37.3 Å². The summed E-state index contributed by atoms with van der Waals surface area (Å²) >= 11 is 6.26. The van der Waals surface area contributed by atoms with Crippen molar-refractivity contribution in [2.45, 2.75) is 52.2 Å². The lowest BCUT2D eigenvalue weighted by Gasteiger charge is -2.48. The van der Waals surface area contributed by atoms with Crippen LogP contribution in [0.3, 0.4) is 0 Å². The molecule has 1 unspecified atom stereocenters. The van der Waals surface area contributed by atoms with E-state index >= 15 is 0 Å². The molecule has 0 spiro atoms. The van der Waals surface area contributed by atoms with Crippen LogP contribution in [0.5, 0.6) is 0 Å². The van der Waals surface area contributed by atoms with Gasteiger partial charge in [0.1, 0.15) is 11.9 Å². The molecule has 1 saturated heterocycles. The molecule has 1 aliphatic heterocycles. The third-order valence-electron chi connectivity index (χ3n) is 6.76. The number of hydrogen-bond acceptors (Lipinski definition) is 7. The van der Waals surface area contributed by atoms with Gasteiger partial charge < -0.3 is 14.5 Å². The standard InChI is InChI=1S/C27H31ClN6O4/c1-18(25(37)38-26(2,3)4)27(5,16-19-9-7-6-8-10-19)33-14-13-32(23(35)24(33)36)22-15-20(28)11-12-21(22)34-17-29-30-31-34/h6-12,15,17-18H,13-14,16H2,1-5H3/t18?,27-/m1/s1. The molecule has 1 aromatic heterocycles. The summed E-state index contributed by atoms with van der Waals surface area (Å²) in [6.45, 7) is 9.36. The second kappa shape index (κ2) is 10.5. The van der Waals surface area contributed by atoms with E-state index < -0.39 is 34.8 Å². The highest BCUT2D eigenvalue weighted by Crippen LogP contribution is 2.35. The van der Waals surface area contributed by atoms with E-state index in [1.54, 1.807) is 45.9 Å². The van der Waals surface area contributed by atoms with E-state index in [-0.39, 0.29) is 13.1 Å². The summed E-state index contributed by atoms with van der Waals surface area (Å²) in [5.41, 5.74) is 0.117. The molecule has 1 fully saturated rings. The van der Waals surface area contributed by atoms with E-state index in [2.05, 4.69) is 15.5 Å². The number of tetrazole rings is 1. The Bertz CT molecular complexity index is 1330. The normalized spacial score (nSPS) is 16.8. The minimum Gasteiger partial charge on any atom is -0.460 e. The molecular weight excluding hydrogens is 508 g/mol. The van der Waals surface area contributed by atoms with Crippen LogP contribution in [0.4, 0.5) is 5.69 Å². The van der Waals surface area contributed by atoms with Crippen molar-refractivity contribution in [2.24, 2.45) is 5.92 Å². The lowest BCUT2D eigenvalue weighted by molar-refractivity contribution is -0.168. The van der Waals surface area contributed by atoms with Crippen LogP contribution in [0, 0.1) is 5.92 Å². The molecule has 3 aromatic rings. The third-order valence-corrected chi connectivity index (χ3v) is 6.99. The van der Waals surface area contributed by atoms with Gasteiger partial charge >= 0.3 is 17.8 Å². The fourth-order valence-corrected chi connectivity index (χ4v) is 4.83. The minimum absolute atomic E-state index is 0.186. The van der Waals surface area contributed by atoms with Crippen LogP contribution in [-0.2, 0) is 25.5 Å². The van der Waals surface area contributed by atoms with Gasteiger partial charge in [-0.15, -0.1) is 5.10 Å². The molecule has 0 bridgehead atoms. The topological polar surface area (TPSA) is 111 Å². The third kappa shape index (κ3) is 5.55. The SMILES string of the molecule is CC(C(=O)OC(C)(C)C)[C@@](C)(Cc1ccccc1)N1CCN(c2cc(Cl)ccc2-n2cnnn2)C(=O)C1=O. The van der Waals surface area contributed by atoms with Crippen molar-refractivity contribution in [3.8, 4) is 5.69 Å². The molecule has 10 nitrogen and oxygen atoms in total. The number of hydrogen-bond donors (Lipinski definition) is 0. The van der Waals surface area contributed by atoms with E-state index in [4.69, 9.17) is 16.3 Å². The van der Waals surface area contributed by atoms with Crippen LogP contribution in [0.25, 0.3) is 5.69 Å². The van der Waals surface area contributed by atoms with Crippen LogP contribution in [0.15, 0.2) is 54.9 Å². The number of benzene rings is 2. The first kappa shape index (κ1) is 27.3. The van der Waals surface area contributed by atoms with Crippen LogP contribution < -0.4 is 4.90 Å². The maximum atomic E-state index is 13.7. The Balaban J connectivity index is 1.69. The van der Waals surface area contributed by atoms with Crippen molar-refractivity contribution in [3.63, 3.8) is 0 Å². The smallest absolute Gasteiger partial charge is 0.316 e. The van der Waals surface area contributed by atoms with Crippen molar-refractivity contribution in [1.82, 2.24) is 25.1 Å². The molecule has 0 radical (unpaired) electrons. The molecule has 4 rings (SSSR count).